The Morgan fingerprint density at radius 3 is 1.66 bits per heavy atom. The van der Waals surface area contributed by atoms with E-state index in [1.807, 2.05) is 0 Å². The maximum Gasteiger partial charge on any atom is 0.0467 e. The first-order valence-electron chi connectivity index (χ1n) is 20.7. The zero-order chi connectivity index (χ0) is 34.7. The molecule has 0 atom stereocenters. The van der Waals surface area contributed by atoms with Crippen molar-refractivity contribution in [2.24, 2.45) is 23.7 Å². The largest absolute Gasteiger partial charge is 0.310 e. The van der Waals surface area contributed by atoms with E-state index in [1.165, 1.54) is 115 Å². The molecule has 53 heavy (non-hydrogen) atoms. The fraction of sp³-hybridized carbons (Fsp3) is 0.308. The molecule has 2 spiro atoms. The van der Waals surface area contributed by atoms with Crippen molar-refractivity contribution < 1.29 is 0 Å². The van der Waals surface area contributed by atoms with Gasteiger partial charge in [-0.05, 0) is 161 Å². The van der Waals surface area contributed by atoms with Crippen LogP contribution in [0.15, 0.2) is 140 Å². The summed E-state index contributed by atoms with van der Waals surface area (Å²) < 4.78 is 0. The van der Waals surface area contributed by atoms with E-state index in [-0.39, 0.29) is 10.8 Å². The molecule has 4 bridgehead atoms. The van der Waals surface area contributed by atoms with E-state index >= 15 is 0 Å². The van der Waals surface area contributed by atoms with Crippen molar-refractivity contribution in [3.8, 4) is 33.4 Å². The highest BCUT2D eigenvalue weighted by atomic mass is 15.1. The summed E-state index contributed by atoms with van der Waals surface area (Å²) in [6.07, 6.45) is 13.5. The molecule has 0 heterocycles. The fourth-order valence-corrected chi connectivity index (χ4v) is 13.5. The first-order valence-corrected chi connectivity index (χ1v) is 20.7. The lowest BCUT2D eigenvalue weighted by molar-refractivity contribution is -0.0399. The second-order valence-electron chi connectivity index (χ2n) is 17.6. The number of fused-ring (bicyclic) bond motifs is 8. The molecule has 13 rings (SSSR count). The summed E-state index contributed by atoms with van der Waals surface area (Å²) in [6, 6.07) is 54.2. The van der Waals surface area contributed by atoms with Crippen LogP contribution in [0.4, 0.5) is 17.1 Å². The second kappa shape index (κ2) is 11.3. The van der Waals surface area contributed by atoms with Crippen LogP contribution in [0.3, 0.4) is 0 Å². The van der Waals surface area contributed by atoms with Crippen molar-refractivity contribution in [2.45, 2.75) is 75.0 Å². The van der Waals surface area contributed by atoms with Crippen LogP contribution in [-0.4, -0.2) is 0 Å². The summed E-state index contributed by atoms with van der Waals surface area (Å²) in [7, 11) is 0. The normalized spacial score (nSPS) is 26.3. The summed E-state index contributed by atoms with van der Waals surface area (Å²) in [5.74, 6) is 3.36. The Hall–Kier alpha value is -4.88. The van der Waals surface area contributed by atoms with Gasteiger partial charge >= 0.3 is 0 Å². The lowest BCUT2D eigenvalue weighted by atomic mass is 9.43. The number of benzene rings is 6. The summed E-state index contributed by atoms with van der Waals surface area (Å²) in [6.45, 7) is 0. The molecule has 6 aromatic carbocycles. The molecular formula is C52H47N. The third-order valence-electron chi connectivity index (χ3n) is 15.2. The third kappa shape index (κ3) is 4.20. The molecule has 6 aromatic rings. The monoisotopic (exact) mass is 685 g/mol. The van der Waals surface area contributed by atoms with Crippen molar-refractivity contribution >= 4 is 17.1 Å². The Labute approximate surface area is 314 Å². The Bertz CT molecular complexity index is 2380. The molecule has 7 aliphatic rings. The van der Waals surface area contributed by atoms with Gasteiger partial charge < -0.3 is 4.90 Å². The maximum absolute atomic E-state index is 2.67. The highest BCUT2D eigenvalue weighted by Gasteiger charge is 2.61. The minimum absolute atomic E-state index is 0.113. The van der Waals surface area contributed by atoms with Crippen molar-refractivity contribution in [1.29, 1.82) is 0 Å². The summed E-state index contributed by atoms with van der Waals surface area (Å²) >= 11 is 0. The molecule has 5 fully saturated rings. The van der Waals surface area contributed by atoms with Crippen LogP contribution in [0, 0.1) is 23.7 Å². The van der Waals surface area contributed by atoms with Gasteiger partial charge in [0, 0.05) is 27.9 Å². The van der Waals surface area contributed by atoms with Gasteiger partial charge in [-0.3, -0.25) is 0 Å². The minimum atomic E-state index is 0.113. The molecule has 7 aliphatic carbocycles. The van der Waals surface area contributed by atoms with Gasteiger partial charge in [0.15, 0.2) is 0 Å². The molecule has 0 amide bonds. The molecule has 0 unspecified atom stereocenters. The van der Waals surface area contributed by atoms with Crippen LogP contribution in [0.2, 0.25) is 0 Å². The van der Waals surface area contributed by atoms with Crippen molar-refractivity contribution in [3.05, 3.63) is 162 Å². The number of nitrogens with zero attached hydrogens (tertiary/aromatic N) is 1. The molecule has 260 valence electrons. The molecule has 5 saturated carbocycles. The first kappa shape index (κ1) is 30.6. The molecule has 0 radical (unpaired) electrons. The average molecular weight is 686 g/mol. The SMILES string of the molecule is c1ccc(-c2cccc(N(c3ccc4c(c3)C3(CCCCC3)c3ccccc3-4)c3ccc4c(c3)C3(c5ccccc5-4)C4CC5CC(C4)CC3C5)c2)cc1. The quantitative estimate of drug-likeness (QED) is 0.179. The summed E-state index contributed by atoms with van der Waals surface area (Å²) in [4.78, 5) is 2.61. The molecular weight excluding hydrogens is 639 g/mol. The number of hydrogen-bond donors (Lipinski definition) is 0. The Kier molecular flexibility index (Phi) is 6.53. The zero-order valence-electron chi connectivity index (χ0n) is 30.6. The maximum atomic E-state index is 2.67. The van der Waals surface area contributed by atoms with E-state index in [0.717, 1.165) is 23.7 Å². The Morgan fingerprint density at radius 2 is 0.943 bits per heavy atom. The first-order chi connectivity index (χ1) is 26.2. The standard InChI is InChI=1S/C52H47N/c1-3-12-36(13-4-1)37-14-11-15-40(31-37)53(41-20-22-45-43-16-5-7-18-47(43)51(49(45)32-41)24-9-2-10-25-51)42-21-23-46-44-17-6-8-19-48(44)52(50(46)33-42)38-27-34-26-35(29-38)30-39(52)28-34/h1,3-8,11-23,31-35,38-39H,2,9-10,24-30H2. The van der Waals surface area contributed by atoms with Gasteiger partial charge in [-0.15, -0.1) is 0 Å². The van der Waals surface area contributed by atoms with Crippen LogP contribution in [0.1, 0.15) is 86.5 Å². The summed E-state index contributed by atoms with van der Waals surface area (Å²) in [5.41, 5.74) is 18.8. The van der Waals surface area contributed by atoms with Crippen LogP contribution in [-0.2, 0) is 10.8 Å². The molecule has 0 aromatic heterocycles. The van der Waals surface area contributed by atoms with Gasteiger partial charge in [-0.25, -0.2) is 0 Å². The second-order valence-corrected chi connectivity index (χ2v) is 17.6. The van der Waals surface area contributed by atoms with Gasteiger partial charge in [0.05, 0.1) is 0 Å². The van der Waals surface area contributed by atoms with E-state index in [2.05, 4.69) is 144 Å². The van der Waals surface area contributed by atoms with E-state index in [0.29, 0.717) is 0 Å². The van der Waals surface area contributed by atoms with E-state index < -0.39 is 0 Å². The Balaban J connectivity index is 1.07. The van der Waals surface area contributed by atoms with Gasteiger partial charge in [-0.2, -0.15) is 0 Å². The highest BCUT2D eigenvalue weighted by molar-refractivity contribution is 5.89. The van der Waals surface area contributed by atoms with Crippen LogP contribution < -0.4 is 4.90 Å². The van der Waals surface area contributed by atoms with Crippen molar-refractivity contribution in [3.63, 3.8) is 0 Å². The van der Waals surface area contributed by atoms with Crippen molar-refractivity contribution in [1.82, 2.24) is 0 Å². The van der Waals surface area contributed by atoms with Crippen LogP contribution in [0.25, 0.3) is 33.4 Å². The minimum Gasteiger partial charge on any atom is -0.310 e. The third-order valence-corrected chi connectivity index (χ3v) is 15.2. The van der Waals surface area contributed by atoms with Crippen LogP contribution >= 0.6 is 0 Å². The van der Waals surface area contributed by atoms with Gasteiger partial charge in [-0.1, -0.05) is 122 Å². The molecule has 0 aliphatic heterocycles. The predicted octanol–water partition coefficient (Wildman–Crippen LogP) is 13.8. The van der Waals surface area contributed by atoms with E-state index in [1.54, 1.807) is 22.3 Å². The molecule has 1 nitrogen and oxygen atoms in total. The highest BCUT2D eigenvalue weighted by Crippen LogP contribution is 2.69. The molecule has 1 heteroatoms. The Morgan fingerprint density at radius 1 is 0.396 bits per heavy atom. The van der Waals surface area contributed by atoms with Crippen molar-refractivity contribution in [2.75, 3.05) is 4.90 Å². The predicted molar refractivity (Wildman–Crippen MR) is 219 cm³/mol. The summed E-state index contributed by atoms with van der Waals surface area (Å²) in [5, 5.41) is 0. The number of hydrogen-bond acceptors (Lipinski definition) is 1. The number of anilines is 3. The average Bonchev–Trinajstić information content (AvgIpc) is 3.64. The lowest BCUT2D eigenvalue weighted by Gasteiger charge is -2.61. The molecule has 0 saturated heterocycles. The zero-order valence-corrected chi connectivity index (χ0v) is 30.6. The fourth-order valence-electron chi connectivity index (χ4n) is 13.5. The van der Waals surface area contributed by atoms with Crippen LogP contribution in [0.5, 0.6) is 0 Å². The molecule has 0 N–H and O–H groups in total. The number of rotatable bonds is 4. The van der Waals surface area contributed by atoms with E-state index in [9.17, 15) is 0 Å². The lowest BCUT2D eigenvalue weighted by Crippen LogP contribution is -2.55. The van der Waals surface area contributed by atoms with Gasteiger partial charge in [0.1, 0.15) is 0 Å². The smallest absolute Gasteiger partial charge is 0.0467 e. The topological polar surface area (TPSA) is 3.24 Å². The van der Waals surface area contributed by atoms with Gasteiger partial charge in [0.2, 0.25) is 0 Å². The van der Waals surface area contributed by atoms with Gasteiger partial charge in [0.25, 0.3) is 0 Å². The van der Waals surface area contributed by atoms with E-state index in [4.69, 9.17) is 0 Å².